The van der Waals surface area contributed by atoms with Gasteiger partial charge in [0, 0.05) is 31.1 Å². The highest BCUT2D eigenvalue weighted by Gasteiger charge is 2.30. The molecule has 12 heteroatoms. The number of hydrogen-bond acceptors (Lipinski definition) is 7. The van der Waals surface area contributed by atoms with Crippen LogP contribution in [0.15, 0.2) is 35.2 Å². The summed E-state index contributed by atoms with van der Waals surface area (Å²) in [5.41, 5.74) is 0.568. The van der Waals surface area contributed by atoms with E-state index in [0.29, 0.717) is 24.3 Å². The van der Waals surface area contributed by atoms with Gasteiger partial charge in [-0.3, -0.25) is 4.79 Å². The fourth-order valence-electron chi connectivity index (χ4n) is 3.55. The van der Waals surface area contributed by atoms with Gasteiger partial charge in [-0.1, -0.05) is 0 Å². The van der Waals surface area contributed by atoms with Crippen LogP contribution in [0, 0.1) is 5.82 Å². The first-order valence-electron chi connectivity index (χ1n) is 10.5. The van der Waals surface area contributed by atoms with E-state index < -0.39 is 27.8 Å². The number of urea groups is 1. The van der Waals surface area contributed by atoms with Crippen LogP contribution >= 0.6 is 0 Å². The van der Waals surface area contributed by atoms with E-state index in [1.165, 1.54) is 38.4 Å². The standard InChI is InChI=1S/C22H26FN3O7S/c1-4-32-19-11-18-15(10-20(19)34(29,30)26-22(28)24-2)13(7-8-33-18)12-25-21(27)16-9-14(23)5-6-17(16)31-3/h5-6,9-11,13H,4,7-8,12H2,1-3H3,(H,25,27)(H2,24,26,28). The van der Waals surface area contributed by atoms with Gasteiger partial charge >= 0.3 is 6.03 Å². The van der Waals surface area contributed by atoms with Crippen molar-refractivity contribution in [2.45, 2.75) is 24.2 Å². The fourth-order valence-corrected chi connectivity index (χ4v) is 4.68. The van der Waals surface area contributed by atoms with Crippen LogP contribution in [-0.2, 0) is 10.0 Å². The summed E-state index contributed by atoms with van der Waals surface area (Å²) in [5.74, 6) is -0.755. The van der Waals surface area contributed by atoms with Gasteiger partial charge in [0.15, 0.2) is 0 Å². The fraction of sp³-hybridized carbons (Fsp3) is 0.364. The van der Waals surface area contributed by atoms with E-state index in [1.807, 2.05) is 4.72 Å². The Morgan fingerprint density at radius 1 is 1.21 bits per heavy atom. The molecule has 0 saturated carbocycles. The molecule has 0 aliphatic carbocycles. The first kappa shape index (κ1) is 25.1. The second-order valence-electron chi connectivity index (χ2n) is 7.34. The van der Waals surface area contributed by atoms with Gasteiger partial charge in [-0.05, 0) is 37.6 Å². The number of halogens is 1. The number of carbonyl (C=O) groups excluding carboxylic acids is 2. The number of benzene rings is 2. The quantitative estimate of drug-likeness (QED) is 0.511. The summed E-state index contributed by atoms with van der Waals surface area (Å²) in [6, 6.07) is 5.57. The molecule has 0 bridgehead atoms. The van der Waals surface area contributed by atoms with Gasteiger partial charge in [-0.2, -0.15) is 0 Å². The van der Waals surface area contributed by atoms with Gasteiger partial charge in [-0.25, -0.2) is 22.3 Å². The Labute approximate surface area is 196 Å². The van der Waals surface area contributed by atoms with E-state index in [4.69, 9.17) is 14.2 Å². The van der Waals surface area contributed by atoms with E-state index in [9.17, 15) is 22.4 Å². The molecule has 0 aromatic heterocycles. The third-order valence-corrected chi connectivity index (χ3v) is 6.55. The van der Waals surface area contributed by atoms with Gasteiger partial charge in [0.1, 0.15) is 28.0 Å². The van der Waals surface area contributed by atoms with Crippen molar-refractivity contribution in [3.8, 4) is 17.2 Å². The Morgan fingerprint density at radius 2 is 1.97 bits per heavy atom. The zero-order chi connectivity index (χ0) is 24.9. The number of ether oxygens (including phenoxy) is 3. The second kappa shape index (κ2) is 10.6. The lowest BCUT2D eigenvalue weighted by atomic mass is 9.92. The number of amides is 3. The van der Waals surface area contributed by atoms with E-state index in [2.05, 4.69) is 10.6 Å². The molecule has 2 aromatic rings. The van der Waals surface area contributed by atoms with Crippen molar-refractivity contribution in [1.82, 2.24) is 15.4 Å². The number of rotatable bonds is 8. The summed E-state index contributed by atoms with van der Waals surface area (Å²) in [5, 5.41) is 4.95. The summed E-state index contributed by atoms with van der Waals surface area (Å²) in [6.07, 6.45) is 0.490. The number of nitrogens with one attached hydrogen (secondary N) is 3. The number of carbonyl (C=O) groups is 2. The molecule has 2 aromatic carbocycles. The molecule has 1 unspecified atom stereocenters. The lowest BCUT2D eigenvalue weighted by molar-refractivity contribution is 0.0944. The lowest BCUT2D eigenvalue weighted by Gasteiger charge is -2.27. The predicted molar refractivity (Wildman–Crippen MR) is 121 cm³/mol. The zero-order valence-electron chi connectivity index (χ0n) is 18.9. The monoisotopic (exact) mass is 495 g/mol. The third-order valence-electron chi connectivity index (χ3n) is 5.20. The predicted octanol–water partition coefficient (Wildman–Crippen LogP) is 2.15. The van der Waals surface area contributed by atoms with Gasteiger partial charge < -0.3 is 24.8 Å². The van der Waals surface area contributed by atoms with Gasteiger partial charge in [0.2, 0.25) is 0 Å². The van der Waals surface area contributed by atoms with Gasteiger partial charge in [0.25, 0.3) is 15.9 Å². The van der Waals surface area contributed by atoms with Crippen molar-refractivity contribution in [1.29, 1.82) is 0 Å². The van der Waals surface area contributed by atoms with Crippen molar-refractivity contribution in [2.24, 2.45) is 0 Å². The molecule has 34 heavy (non-hydrogen) atoms. The van der Waals surface area contributed by atoms with Crippen LogP contribution in [0.25, 0.3) is 0 Å². The largest absolute Gasteiger partial charge is 0.496 e. The third kappa shape index (κ3) is 5.50. The highest BCUT2D eigenvalue weighted by atomic mass is 32.2. The maximum atomic E-state index is 13.7. The Kier molecular flexibility index (Phi) is 7.82. The Bertz CT molecular complexity index is 1190. The summed E-state index contributed by atoms with van der Waals surface area (Å²) in [4.78, 5) is 24.1. The van der Waals surface area contributed by atoms with Gasteiger partial charge in [0.05, 0.1) is 25.9 Å². The molecule has 0 saturated heterocycles. The zero-order valence-corrected chi connectivity index (χ0v) is 19.8. The molecule has 3 rings (SSSR count). The van der Waals surface area contributed by atoms with E-state index >= 15 is 0 Å². The Balaban J connectivity index is 1.91. The normalized spacial score (nSPS) is 14.9. The van der Waals surface area contributed by atoms with Crippen LogP contribution in [0.4, 0.5) is 9.18 Å². The molecule has 1 heterocycles. The van der Waals surface area contributed by atoms with E-state index in [0.717, 1.165) is 6.07 Å². The molecule has 10 nitrogen and oxygen atoms in total. The summed E-state index contributed by atoms with van der Waals surface area (Å²) in [6.45, 7) is 2.36. The molecule has 3 amide bonds. The topological polar surface area (TPSA) is 132 Å². The highest BCUT2D eigenvalue weighted by molar-refractivity contribution is 7.90. The van der Waals surface area contributed by atoms with Crippen LogP contribution in [-0.4, -0.2) is 54.3 Å². The maximum Gasteiger partial charge on any atom is 0.328 e. The highest BCUT2D eigenvalue weighted by Crippen LogP contribution is 2.40. The van der Waals surface area contributed by atoms with Crippen molar-refractivity contribution >= 4 is 22.0 Å². The number of hydrogen-bond donors (Lipinski definition) is 3. The van der Waals surface area contributed by atoms with Crippen LogP contribution in [0.2, 0.25) is 0 Å². The van der Waals surface area contributed by atoms with Gasteiger partial charge in [-0.15, -0.1) is 0 Å². The molecule has 1 aliphatic rings. The summed E-state index contributed by atoms with van der Waals surface area (Å²) in [7, 11) is -1.59. The molecule has 0 radical (unpaired) electrons. The molecular weight excluding hydrogens is 469 g/mol. The number of fused-ring (bicyclic) bond motifs is 1. The van der Waals surface area contributed by atoms with Crippen molar-refractivity contribution in [2.75, 3.05) is 33.9 Å². The molecule has 3 N–H and O–H groups in total. The average Bonchev–Trinajstić information content (AvgIpc) is 2.81. The van der Waals surface area contributed by atoms with Crippen molar-refractivity contribution in [3.63, 3.8) is 0 Å². The SMILES string of the molecule is CCOc1cc2c(cc1S(=O)(=O)NC(=O)NC)C(CNC(=O)c1cc(F)ccc1OC)CCO2. The van der Waals surface area contributed by atoms with Crippen LogP contribution in [0.1, 0.15) is 35.2 Å². The summed E-state index contributed by atoms with van der Waals surface area (Å²) < 4.78 is 57.5. The smallest absolute Gasteiger partial charge is 0.328 e. The molecule has 1 aliphatic heterocycles. The molecule has 0 fully saturated rings. The lowest BCUT2D eigenvalue weighted by Crippen LogP contribution is -2.37. The Hall–Kier alpha value is -3.54. The first-order valence-corrected chi connectivity index (χ1v) is 12.0. The molecule has 0 spiro atoms. The summed E-state index contributed by atoms with van der Waals surface area (Å²) >= 11 is 0. The van der Waals surface area contributed by atoms with Crippen LogP contribution in [0.5, 0.6) is 17.2 Å². The van der Waals surface area contributed by atoms with Crippen molar-refractivity contribution < 1.29 is 36.6 Å². The molecule has 184 valence electrons. The van der Waals surface area contributed by atoms with Crippen LogP contribution in [0.3, 0.4) is 0 Å². The van der Waals surface area contributed by atoms with Crippen molar-refractivity contribution in [3.05, 3.63) is 47.3 Å². The average molecular weight is 496 g/mol. The molecule has 1 atom stereocenters. The van der Waals surface area contributed by atoms with Crippen LogP contribution < -0.4 is 29.6 Å². The molecular formula is C22H26FN3O7S. The minimum Gasteiger partial charge on any atom is -0.496 e. The second-order valence-corrected chi connectivity index (χ2v) is 8.99. The minimum absolute atomic E-state index is 0.0341. The maximum absolute atomic E-state index is 13.7. The Morgan fingerprint density at radius 3 is 2.65 bits per heavy atom. The first-order chi connectivity index (χ1) is 16.2. The van der Waals surface area contributed by atoms with E-state index in [-0.39, 0.29) is 41.0 Å². The number of sulfonamides is 1. The van der Waals surface area contributed by atoms with E-state index in [1.54, 1.807) is 6.92 Å². The minimum atomic E-state index is -4.26. The number of methoxy groups -OCH3 is 1.